The number of nitrogens with two attached hydrogens (primary N) is 1. The molecule has 1 aromatic carbocycles. The molecule has 0 fully saturated rings. The number of aromatic nitrogens is 1. The van der Waals surface area contributed by atoms with Gasteiger partial charge in [-0.05, 0) is 30.9 Å². The van der Waals surface area contributed by atoms with Crippen molar-refractivity contribution in [3.63, 3.8) is 0 Å². The third-order valence-corrected chi connectivity index (χ3v) is 3.29. The van der Waals surface area contributed by atoms with Gasteiger partial charge in [-0.2, -0.15) is 0 Å². The number of hydrogen-bond acceptors (Lipinski definition) is 3. The topological polar surface area (TPSA) is 59.1 Å². The number of pyridine rings is 1. The second-order valence-electron chi connectivity index (χ2n) is 4.31. The molecule has 0 saturated carbocycles. The standard InChI is InChI=1S/C13H14N2O/c14-12-8-4-1-2-6-10(8)15-13-9(12)5-3-7-11(13)16/h1-2,4,6,11,16H,3,5,7H2,(H2,14,15). The van der Waals surface area contributed by atoms with E-state index < -0.39 is 6.10 Å². The second kappa shape index (κ2) is 3.46. The van der Waals surface area contributed by atoms with Crippen LogP contribution in [0.25, 0.3) is 10.9 Å². The predicted molar refractivity (Wildman–Crippen MR) is 64.1 cm³/mol. The molecule has 82 valence electrons. The Hall–Kier alpha value is -1.61. The molecule has 16 heavy (non-hydrogen) atoms. The van der Waals surface area contributed by atoms with Gasteiger partial charge in [0.05, 0.1) is 17.3 Å². The average Bonchev–Trinajstić information content (AvgIpc) is 2.31. The average molecular weight is 214 g/mol. The minimum Gasteiger partial charge on any atom is -0.398 e. The SMILES string of the molecule is Nc1c2c(nc3ccccc13)C(O)CCC2. The normalized spacial score (nSPS) is 19.7. The van der Waals surface area contributed by atoms with E-state index >= 15 is 0 Å². The van der Waals surface area contributed by atoms with Gasteiger partial charge in [0.1, 0.15) is 0 Å². The minimum atomic E-state index is -0.448. The van der Waals surface area contributed by atoms with Crippen molar-refractivity contribution in [3.05, 3.63) is 35.5 Å². The molecule has 1 heterocycles. The van der Waals surface area contributed by atoms with E-state index in [9.17, 15) is 5.11 Å². The van der Waals surface area contributed by atoms with Gasteiger partial charge in [0.25, 0.3) is 0 Å². The number of aliphatic hydroxyl groups excluding tert-OH is 1. The van der Waals surface area contributed by atoms with Crippen molar-refractivity contribution in [2.75, 3.05) is 5.73 Å². The second-order valence-corrected chi connectivity index (χ2v) is 4.31. The third-order valence-electron chi connectivity index (χ3n) is 3.29. The Morgan fingerprint density at radius 2 is 2.12 bits per heavy atom. The number of hydrogen-bond donors (Lipinski definition) is 2. The van der Waals surface area contributed by atoms with Crippen LogP contribution < -0.4 is 5.73 Å². The summed E-state index contributed by atoms with van der Waals surface area (Å²) in [7, 11) is 0. The molecule has 0 spiro atoms. The number of nitrogens with zero attached hydrogens (tertiary/aromatic N) is 1. The lowest BCUT2D eigenvalue weighted by Gasteiger charge is -2.22. The smallest absolute Gasteiger partial charge is 0.0963 e. The zero-order chi connectivity index (χ0) is 11.1. The van der Waals surface area contributed by atoms with Crippen LogP contribution in [0.1, 0.15) is 30.2 Å². The van der Waals surface area contributed by atoms with E-state index in [0.29, 0.717) is 0 Å². The number of fused-ring (bicyclic) bond motifs is 2. The molecule has 0 aliphatic heterocycles. The minimum absolute atomic E-state index is 0.448. The van der Waals surface area contributed by atoms with Crippen molar-refractivity contribution in [3.8, 4) is 0 Å². The number of aliphatic hydroxyl groups is 1. The Kier molecular flexibility index (Phi) is 2.07. The van der Waals surface area contributed by atoms with Crippen LogP contribution in [0.5, 0.6) is 0 Å². The molecule has 1 atom stereocenters. The van der Waals surface area contributed by atoms with Crippen LogP contribution in [0.2, 0.25) is 0 Å². The lowest BCUT2D eigenvalue weighted by atomic mass is 9.91. The summed E-state index contributed by atoms with van der Waals surface area (Å²) in [5.41, 5.74) is 9.64. The molecule has 2 aromatic rings. The Bertz CT molecular complexity index is 551. The third kappa shape index (κ3) is 1.28. The highest BCUT2D eigenvalue weighted by Gasteiger charge is 2.22. The number of anilines is 1. The van der Waals surface area contributed by atoms with E-state index in [0.717, 1.165) is 47.1 Å². The van der Waals surface area contributed by atoms with Gasteiger partial charge >= 0.3 is 0 Å². The molecule has 0 amide bonds. The van der Waals surface area contributed by atoms with E-state index in [4.69, 9.17) is 5.73 Å². The van der Waals surface area contributed by atoms with Gasteiger partial charge in [0.15, 0.2) is 0 Å². The maximum atomic E-state index is 9.93. The summed E-state index contributed by atoms with van der Waals surface area (Å²) in [6.45, 7) is 0. The zero-order valence-corrected chi connectivity index (χ0v) is 8.98. The molecular formula is C13H14N2O. The quantitative estimate of drug-likeness (QED) is 0.706. The van der Waals surface area contributed by atoms with Crippen LogP contribution in [0.15, 0.2) is 24.3 Å². The van der Waals surface area contributed by atoms with Crippen LogP contribution in [0.3, 0.4) is 0 Å². The largest absolute Gasteiger partial charge is 0.398 e. The maximum Gasteiger partial charge on any atom is 0.0963 e. The monoisotopic (exact) mass is 214 g/mol. The highest BCUT2D eigenvalue weighted by molar-refractivity contribution is 5.92. The van der Waals surface area contributed by atoms with Gasteiger partial charge in [-0.3, -0.25) is 0 Å². The number of nitrogen functional groups attached to an aromatic ring is 1. The van der Waals surface area contributed by atoms with E-state index in [1.54, 1.807) is 0 Å². The lowest BCUT2D eigenvalue weighted by molar-refractivity contribution is 0.152. The van der Waals surface area contributed by atoms with Crippen LogP contribution >= 0.6 is 0 Å². The molecule has 3 nitrogen and oxygen atoms in total. The van der Waals surface area contributed by atoms with Crippen molar-refractivity contribution < 1.29 is 5.11 Å². The summed E-state index contributed by atoms with van der Waals surface area (Å²) in [6, 6.07) is 7.83. The van der Waals surface area contributed by atoms with Crippen LogP contribution in [0, 0.1) is 0 Å². The number of para-hydroxylation sites is 1. The van der Waals surface area contributed by atoms with Crippen molar-refractivity contribution in [2.45, 2.75) is 25.4 Å². The fourth-order valence-corrected chi connectivity index (χ4v) is 2.44. The maximum absolute atomic E-state index is 9.93. The lowest BCUT2D eigenvalue weighted by Crippen LogP contribution is -2.14. The Labute approximate surface area is 93.9 Å². The van der Waals surface area contributed by atoms with E-state index in [2.05, 4.69) is 4.98 Å². The predicted octanol–water partition coefficient (Wildman–Crippen LogP) is 2.19. The van der Waals surface area contributed by atoms with Gasteiger partial charge in [-0.1, -0.05) is 18.2 Å². The molecule has 1 aromatic heterocycles. The van der Waals surface area contributed by atoms with Gasteiger partial charge in [0.2, 0.25) is 0 Å². The molecule has 0 saturated heterocycles. The first kappa shape index (κ1) is 9.60. The Morgan fingerprint density at radius 1 is 1.31 bits per heavy atom. The number of benzene rings is 1. The van der Waals surface area contributed by atoms with Gasteiger partial charge in [-0.15, -0.1) is 0 Å². The first-order valence-electron chi connectivity index (χ1n) is 5.62. The van der Waals surface area contributed by atoms with Crippen LogP contribution in [-0.4, -0.2) is 10.1 Å². The number of rotatable bonds is 0. The van der Waals surface area contributed by atoms with Crippen LogP contribution in [0.4, 0.5) is 5.69 Å². The molecule has 0 radical (unpaired) electrons. The molecule has 0 bridgehead atoms. The highest BCUT2D eigenvalue weighted by Crippen LogP contribution is 2.35. The van der Waals surface area contributed by atoms with E-state index in [-0.39, 0.29) is 0 Å². The summed E-state index contributed by atoms with van der Waals surface area (Å²) in [6.07, 6.45) is 2.25. The Balaban J connectivity index is 2.36. The van der Waals surface area contributed by atoms with E-state index in [1.165, 1.54) is 0 Å². The summed E-state index contributed by atoms with van der Waals surface area (Å²) >= 11 is 0. The van der Waals surface area contributed by atoms with E-state index in [1.807, 2.05) is 24.3 Å². The fourth-order valence-electron chi connectivity index (χ4n) is 2.44. The summed E-state index contributed by atoms with van der Waals surface area (Å²) in [5, 5.41) is 10.9. The van der Waals surface area contributed by atoms with Crippen molar-refractivity contribution in [1.29, 1.82) is 0 Å². The van der Waals surface area contributed by atoms with Crippen molar-refractivity contribution in [1.82, 2.24) is 4.98 Å². The molecule has 3 rings (SSSR count). The highest BCUT2D eigenvalue weighted by atomic mass is 16.3. The molecule has 1 aliphatic carbocycles. The van der Waals surface area contributed by atoms with Crippen LogP contribution in [-0.2, 0) is 6.42 Å². The van der Waals surface area contributed by atoms with Gasteiger partial charge in [0, 0.05) is 11.1 Å². The first-order valence-corrected chi connectivity index (χ1v) is 5.62. The summed E-state index contributed by atoms with van der Waals surface area (Å²) in [5.74, 6) is 0. The van der Waals surface area contributed by atoms with Crippen molar-refractivity contribution in [2.24, 2.45) is 0 Å². The fraction of sp³-hybridized carbons (Fsp3) is 0.308. The molecular weight excluding hydrogens is 200 g/mol. The van der Waals surface area contributed by atoms with Crippen molar-refractivity contribution >= 4 is 16.6 Å². The summed E-state index contributed by atoms with van der Waals surface area (Å²) in [4.78, 5) is 4.53. The molecule has 1 aliphatic rings. The zero-order valence-electron chi connectivity index (χ0n) is 8.98. The molecule has 1 unspecified atom stereocenters. The summed E-state index contributed by atoms with van der Waals surface area (Å²) < 4.78 is 0. The first-order chi connectivity index (χ1) is 7.77. The van der Waals surface area contributed by atoms with Gasteiger partial charge < -0.3 is 10.8 Å². The molecule has 3 N–H and O–H groups in total. The van der Waals surface area contributed by atoms with Gasteiger partial charge in [-0.25, -0.2) is 4.98 Å². The Morgan fingerprint density at radius 3 is 3.00 bits per heavy atom. The molecule has 3 heteroatoms.